The van der Waals surface area contributed by atoms with E-state index in [4.69, 9.17) is 19.4 Å². The molecular weight excluding hydrogens is 556 g/mol. The van der Waals surface area contributed by atoms with Crippen LogP contribution in [0.3, 0.4) is 0 Å². The summed E-state index contributed by atoms with van der Waals surface area (Å²) in [6.45, 7) is 0.252. The van der Waals surface area contributed by atoms with Gasteiger partial charge in [0.2, 0.25) is 11.2 Å². The summed E-state index contributed by atoms with van der Waals surface area (Å²) >= 11 is 7.32. The molecule has 1 fully saturated rings. The lowest BCUT2D eigenvalue weighted by atomic mass is 9.72. The van der Waals surface area contributed by atoms with Crippen molar-refractivity contribution in [1.29, 1.82) is 0 Å². The maximum atomic E-state index is 14.2. The van der Waals surface area contributed by atoms with Crippen molar-refractivity contribution in [3.8, 4) is 5.75 Å². The van der Waals surface area contributed by atoms with Gasteiger partial charge in [0.05, 0.1) is 16.7 Å². The zero-order valence-electron chi connectivity index (χ0n) is 17.3. The van der Waals surface area contributed by atoms with Gasteiger partial charge in [-0.1, -0.05) is 23.7 Å². The van der Waals surface area contributed by atoms with Crippen LogP contribution in [0.1, 0.15) is 39.3 Å². The number of likely N-dealkylation sites (N-methyl/N-ethyl adjacent to an activating group) is 1. The van der Waals surface area contributed by atoms with Crippen LogP contribution in [0.4, 0.5) is 4.39 Å². The molecule has 170 valence electrons. The van der Waals surface area contributed by atoms with Crippen LogP contribution in [0.2, 0.25) is 5.02 Å². The van der Waals surface area contributed by atoms with Crippen LogP contribution in [0.5, 0.6) is 5.75 Å². The molecule has 2 aliphatic rings. The summed E-state index contributed by atoms with van der Waals surface area (Å²) in [6, 6.07) is 4.46. The molecule has 0 unspecified atom stereocenters. The lowest BCUT2D eigenvalue weighted by Gasteiger charge is -2.53. The Labute approximate surface area is 202 Å². The van der Waals surface area contributed by atoms with Crippen molar-refractivity contribution in [2.45, 2.75) is 31.0 Å². The summed E-state index contributed by atoms with van der Waals surface area (Å²) in [5, 5.41) is 2.50. The fourth-order valence-corrected chi connectivity index (χ4v) is 5.01. The van der Waals surface area contributed by atoms with Crippen LogP contribution >= 0.6 is 34.6 Å². The third-order valence-electron chi connectivity index (χ3n) is 6.10. The van der Waals surface area contributed by atoms with E-state index < -0.39 is 22.7 Å². The number of hydrogen-bond acceptors (Lipinski definition) is 5. The molecular formula is C21H20ClFIN3O5. The second kappa shape index (κ2) is 8.64. The second-order valence-corrected chi connectivity index (χ2v) is 8.89. The Morgan fingerprint density at radius 1 is 1.38 bits per heavy atom. The monoisotopic (exact) mass is 575 g/mol. The van der Waals surface area contributed by atoms with Crippen molar-refractivity contribution in [3.63, 3.8) is 0 Å². The first-order valence-corrected chi connectivity index (χ1v) is 11.1. The number of amides is 2. The number of nitrogens with one attached hydrogen (secondary N) is 1. The first-order valence-electron chi connectivity index (χ1n) is 9.80. The number of benzene rings is 1. The average Bonchev–Trinajstić information content (AvgIpc) is 2.75. The number of rotatable bonds is 5. The Hall–Kier alpha value is -2.18. The first-order chi connectivity index (χ1) is 15.2. The number of pyridine rings is 1. The highest BCUT2D eigenvalue weighted by Gasteiger charge is 2.52. The highest BCUT2D eigenvalue weighted by Crippen LogP contribution is 2.45. The van der Waals surface area contributed by atoms with E-state index in [1.807, 2.05) is 0 Å². The molecule has 2 aromatic rings. The minimum absolute atomic E-state index is 0.0101. The number of nitrogens with zero attached hydrogens (tertiary/aromatic N) is 2. The van der Waals surface area contributed by atoms with Gasteiger partial charge in [-0.15, -0.1) is 0 Å². The van der Waals surface area contributed by atoms with Gasteiger partial charge < -0.3 is 22.6 Å². The van der Waals surface area contributed by atoms with Gasteiger partial charge in [-0.2, -0.15) is 0 Å². The number of methoxy groups -OCH3 is 1. The van der Waals surface area contributed by atoms with Crippen molar-refractivity contribution >= 4 is 46.4 Å². The largest absolute Gasteiger partial charge is 0.421 e. The van der Waals surface area contributed by atoms with Gasteiger partial charge in [0.1, 0.15) is 11.4 Å². The van der Waals surface area contributed by atoms with Crippen LogP contribution in [0.25, 0.3) is 0 Å². The minimum atomic E-state index is -0.712. The summed E-state index contributed by atoms with van der Waals surface area (Å²) in [7, 11) is 3.28. The number of aromatic nitrogens is 1. The normalized spacial score (nSPS) is 21.8. The van der Waals surface area contributed by atoms with E-state index in [2.05, 4.69) is 5.32 Å². The topological polar surface area (TPSA) is 89.9 Å². The number of ether oxygens (including phenoxy) is 1. The Balaban J connectivity index is 1.73. The molecule has 0 radical (unpaired) electrons. The van der Waals surface area contributed by atoms with Crippen molar-refractivity contribution in [1.82, 2.24) is 14.8 Å². The van der Waals surface area contributed by atoms with E-state index in [9.17, 15) is 18.8 Å². The molecule has 0 atom stereocenters. The fourth-order valence-electron chi connectivity index (χ4n) is 4.41. The molecule has 1 aromatic heterocycles. The highest BCUT2D eigenvalue weighted by atomic mass is 127. The Morgan fingerprint density at radius 2 is 2.09 bits per heavy atom. The zero-order chi connectivity index (χ0) is 23.2. The third kappa shape index (κ3) is 3.67. The summed E-state index contributed by atoms with van der Waals surface area (Å²) in [6.07, 6.45) is 2.65. The highest BCUT2D eigenvalue weighted by molar-refractivity contribution is 14.1. The maximum absolute atomic E-state index is 14.2. The number of carbonyl (C=O) groups excluding carboxylic acids is 2. The van der Waals surface area contributed by atoms with Crippen LogP contribution in [-0.2, 0) is 16.8 Å². The van der Waals surface area contributed by atoms with Crippen molar-refractivity contribution in [3.05, 3.63) is 62.3 Å². The second-order valence-electron chi connectivity index (χ2n) is 8.04. The van der Waals surface area contributed by atoms with Gasteiger partial charge in [-0.3, -0.25) is 14.4 Å². The van der Waals surface area contributed by atoms with Gasteiger partial charge >= 0.3 is 0 Å². The lowest BCUT2D eigenvalue weighted by molar-refractivity contribution is -0.0671. The zero-order valence-corrected chi connectivity index (χ0v) is 20.2. The van der Waals surface area contributed by atoms with Crippen molar-refractivity contribution < 1.29 is 21.8 Å². The van der Waals surface area contributed by atoms with Gasteiger partial charge in [-0.25, -0.2) is 4.39 Å². The molecule has 32 heavy (non-hydrogen) atoms. The van der Waals surface area contributed by atoms with Crippen LogP contribution in [-0.4, -0.2) is 48.1 Å². The Bertz CT molecular complexity index is 1160. The molecule has 1 saturated carbocycles. The average molecular weight is 576 g/mol. The van der Waals surface area contributed by atoms with Gasteiger partial charge in [-0.05, 0) is 18.9 Å². The Kier molecular flexibility index (Phi) is 6.21. The lowest BCUT2D eigenvalue weighted by Crippen LogP contribution is -2.61. The van der Waals surface area contributed by atoms with E-state index in [-0.39, 0.29) is 46.1 Å². The number of carbonyl (C=O) groups is 2. The first kappa shape index (κ1) is 23.0. The van der Waals surface area contributed by atoms with E-state index in [1.165, 1.54) is 41.3 Å². The van der Waals surface area contributed by atoms with E-state index in [0.29, 0.717) is 19.4 Å². The maximum Gasteiger partial charge on any atom is 0.274 e. The summed E-state index contributed by atoms with van der Waals surface area (Å²) < 4.78 is 26.5. The summed E-state index contributed by atoms with van der Waals surface area (Å²) in [5.74, 6) is -1.92. The molecule has 1 aliphatic carbocycles. The quantitative estimate of drug-likeness (QED) is 0.554. The molecule has 4 rings (SSSR count). The minimum Gasteiger partial charge on any atom is -0.421 e. The van der Waals surface area contributed by atoms with Crippen molar-refractivity contribution in [2.75, 3.05) is 20.7 Å². The fraction of sp³-hybridized carbons (Fsp3) is 0.381. The smallest absolute Gasteiger partial charge is 0.274 e. The van der Waals surface area contributed by atoms with E-state index in [0.717, 1.165) is 0 Å². The SMILES string of the molecule is CO[C@H]1C[C@]2(CN(C)C(=O)c3c(OI)c(=O)c(C(=O)NCc4cccc(Cl)c4F)cn32)C1. The predicted molar refractivity (Wildman–Crippen MR) is 123 cm³/mol. The molecule has 8 nitrogen and oxygen atoms in total. The number of fused-ring (bicyclic) bond motifs is 2. The molecule has 1 aliphatic heterocycles. The molecule has 2 amide bonds. The molecule has 0 saturated heterocycles. The van der Waals surface area contributed by atoms with Gasteiger partial charge in [0.15, 0.2) is 28.7 Å². The number of halogens is 3. The summed E-state index contributed by atoms with van der Waals surface area (Å²) in [5.41, 5.74) is -1.13. The van der Waals surface area contributed by atoms with Crippen LogP contribution in [0.15, 0.2) is 29.2 Å². The van der Waals surface area contributed by atoms with Crippen molar-refractivity contribution in [2.24, 2.45) is 0 Å². The molecule has 0 bridgehead atoms. The molecule has 2 heterocycles. The molecule has 11 heteroatoms. The van der Waals surface area contributed by atoms with Gasteiger partial charge in [0, 0.05) is 39.0 Å². The standard InChI is InChI=1S/C21H20ClFIN3O5/c1-26-10-21(6-12(7-21)31-2)27-9-13(17(28)18(32-24)16(27)20(26)30)19(29)25-8-11-4-3-5-14(22)15(11)23/h3-5,9,12H,6-8,10H2,1-2H3,(H,25,29)/t12-,21+. The summed E-state index contributed by atoms with van der Waals surface area (Å²) in [4.78, 5) is 40.4. The molecule has 1 aromatic carbocycles. The van der Waals surface area contributed by atoms with Crippen LogP contribution in [0, 0.1) is 5.82 Å². The Morgan fingerprint density at radius 3 is 2.75 bits per heavy atom. The predicted octanol–water partition coefficient (Wildman–Crippen LogP) is 2.89. The van der Waals surface area contributed by atoms with Gasteiger partial charge in [0.25, 0.3) is 11.8 Å². The molecule has 1 spiro atoms. The third-order valence-corrected chi connectivity index (χ3v) is 6.83. The molecule has 1 N–H and O–H groups in total. The van der Waals surface area contributed by atoms with E-state index in [1.54, 1.807) is 29.7 Å². The number of hydrogen-bond donors (Lipinski definition) is 1. The van der Waals surface area contributed by atoms with E-state index >= 15 is 0 Å². The van der Waals surface area contributed by atoms with Crippen LogP contribution < -0.4 is 13.8 Å².